The molecule has 0 bridgehead atoms. The summed E-state index contributed by atoms with van der Waals surface area (Å²) < 4.78 is 37.3. The SMILES string of the molecule is Cc1cc(OS(=O)(=O)[O-])n(-c2ccccc2)n1.[Na+]. The molecule has 0 radical (unpaired) electrons. The van der Waals surface area contributed by atoms with Crippen molar-refractivity contribution in [2.45, 2.75) is 6.92 Å². The molecular weight excluding hydrogens is 267 g/mol. The molecular formula is C10H9N2NaO4S. The summed E-state index contributed by atoms with van der Waals surface area (Å²) in [6, 6.07) is 10.2. The fourth-order valence-corrected chi connectivity index (χ4v) is 1.72. The summed E-state index contributed by atoms with van der Waals surface area (Å²) in [5.41, 5.74) is 1.16. The van der Waals surface area contributed by atoms with Crippen LogP contribution in [0.25, 0.3) is 5.69 Å². The fourth-order valence-electron chi connectivity index (χ4n) is 1.39. The van der Waals surface area contributed by atoms with Gasteiger partial charge in [-0.25, -0.2) is 8.42 Å². The molecule has 1 heterocycles. The molecule has 1 aromatic carbocycles. The van der Waals surface area contributed by atoms with Crippen LogP contribution in [0.15, 0.2) is 36.4 Å². The first-order valence-electron chi connectivity index (χ1n) is 4.73. The quantitative estimate of drug-likeness (QED) is 0.369. The molecule has 8 heteroatoms. The van der Waals surface area contributed by atoms with E-state index in [1.54, 1.807) is 31.2 Å². The zero-order valence-corrected chi connectivity index (χ0v) is 12.7. The summed E-state index contributed by atoms with van der Waals surface area (Å²) in [6.45, 7) is 1.67. The van der Waals surface area contributed by atoms with Crippen molar-refractivity contribution in [3.05, 3.63) is 42.1 Å². The largest absolute Gasteiger partial charge is 1.00 e. The van der Waals surface area contributed by atoms with Crippen LogP contribution in [0, 0.1) is 6.92 Å². The molecule has 1 aromatic heterocycles. The number of rotatable bonds is 3. The predicted octanol–water partition coefficient (Wildman–Crippen LogP) is -1.98. The Labute approximate surface area is 127 Å². The van der Waals surface area contributed by atoms with E-state index in [9.17, 15) is 13.0 Å². The molecule has 0 aliphatic heterocycles. The molecule has 2 aromatic rings. The molecule has 18 heavy (non-hydrogen) atoms. The molecule has 90 valence electrons. The van der Waals surface area contributed by atoms with Gasteiger partial charge in [0.2, 0.25) is 5.88 Å². The molecule has 2 rings (SSSR count). The van der Waals surface area contributed by atoms with Crippen LogP contribution >= 0.6 is 0 Å². The minimum Gasteiger partial charge on any atom is -0.716 e. The summed E-state index contributed by atoms with van der Waals surface area (Å²) in [5.74, 6) is -0.122. The first-order chi connectivity index (χ1) is 7.96. The Morgan fingerprint density at radius 2 is 1.89 bits per heavy atom. The second-order valence-electron chi connectivity index (χ2n) is 3.36. The van der Waals surface area contributed by atoms with E-state index in [0.29, 0.717) is 11.4 Å². The smallest absolute Gasteiger partial charge is 0.716 e. The average molecular weight is 276 g/mol. The summed E-state index contributed by atoms with van der Waals surface area (Å²) in [7, 11) is -4.81. The Kier molecular flexibility index (Phi) is 4.94. The van der Waals surface area contributed by atoms with Crippen molar-refractivity contribution < 1.29 is 46.7 Å². The predicted molar refractivity (Wildman–Crippen MR) is 58.6 cm³/mol. The van der Waals surface area contributed by atoms with Crippen LogP contribution in [0.4, 0.5) is 0 Å². The number of para-hydroxylation sites is 1. The van der Waals surface area contributed by atoms with Crippen LogP contribution in [-0.4, -0.2) is 22.8 Å². The van der Waals surface area contributed by atoms with E-state index in [-0.39, 0.29) is 35.4 Å². The topological polar surface area (TPSA) is 84.3 Å². The summed E-state index contributed by atoms with van der Waals surface area (Å²) in [5, 5.41) is 4.05. The van der Waals surface area contributed by atoms with Crippen LogP contribution in [0.3, 0.4) is 0 Å². The van der Waals surface area contributed by atoms with Gasteiger partial charge in [0.15, 0.2) is 0 Å². The van der Waals surface area contributed by atoms with Crippen LogP contribution in [-0.2, 0) is 10.4 Å². The van der Waals surface area contributed by atoms with Gasteiger partial charge < -0.3 is 8.74 Å². The maximum Gasteiger partial charge on any atom is 1.00 e. The number of benzene rings is 1. The zero-order valence-electron chi connectivity index (χ0n) is 9.90. The van der Waals surface area contributed by atoms with Crippen molar-refractivity contribution in [3.63, 3.8) is 0 Å². The Hall–Kier alpha value is -0.860. The molecule has 0 aliphatic rings. The number of aromatic nitrogens is 2. The van der Waals surface area contributed by atoms with Crippen LogP contribution in [0.1, 0.15) is 5.69 Å². The minimum atomic E-state index is -4.81. The van der Waals surface area contributed by atoms with Crippen molar-refractivity contribution in [2.24, 2.45) is 0 Å². The Morgan fingerprint density at radius 3 is 2.44 bits per heavy atom. The first kappa shape index (κ1) is 15.2. The molecule has 0 N–H and O–H groups in total. The van der Waals surface area contributed by atoms with Crippen LogP contribution < -0.4 is 33.7 Å². The minimum absolute atomic E-state index is 0. The second-order valence-corrected chi connectivity index (χ2v) is 4.35. The fraction of sp³-hybridized carbons (Fsp3) is 0.100. The van der Waals surface area contributed by atoms with Crippen molar-refractivity contribution >= 4 is 10.4 Å². The maximum atomic E-state index is 10.6. The van der Waals surface area contributed by atoms with E-state index in [2.05, 4.69) is 9.28 Å². The molecule has 0 saturated heterocycles. The number of hydrogen-bond acceptors (Lipinski definition) is 5. The van der Waals surface area contributed by atoms with E-state index in [0.717, 1.165) is 0 Å². The van der Waals surface area contributed by atoms with Gasteiger partial charge in [0, 0.05) is 6.07 Å². The Morgan fingerprint density at radius 1 is 1.28 bits per heavy atom. The van der Waals surface area contributed by atoms with E-state index >= 15 is 0 Å². The first-order valence-corrected chi connectivity index (χ1v) is 6.06. The molecule has 6 nitrogen and oxygen atoms in total. The second kappa shape index (κ2) is 5.85. The van der Waals surface area contributed by atoms with Crippen molar-refractivity contribution in [1.82, 2.24) is 9.78 Å². The Bertz CT molecular complexity index is 625. The number of aryl methyl sites for hydroxylation is 1. The molecule has 0 saturated carbocycles. The number of nitrogens with zero attached hydrogens (tertiary/aromatic N) is 2. The van der Waals surface area contributed by atoms with Gasteiger partial charge in [-0.3, -0.25) is 0 Å². The van der Waals surface area contributed by atoms with Gasteiger partial charge in [0.25, 0.3) is 10.4 Å². The van der Waals surface area contributed by atoms with Crippen molar-refractivity contribution in [1.29, 1.82) is 0 Å². The van der Waals surface area contributed by atoms with Gasteiger partial charge in [-0.05, 0) is 19.1 Å². The third kappa shape index (κ3) is 3.82. The van der Waals surface area contributed by atoms with Crippen molar-refractivity contribution in [2.75, 3.05) is 0 Å². The third-order valence-corrected chi connectivity index (χ3v) is 2.36. The Balaban J connectivity index is 0.00000162. The van der Waals surface area contributed by atoms with Gasteiger partial charge >= 0.3 is 29.6 Å². The maximum absolute atomic E-state index is 10.6. The van der Waals surface area contributed by atoms with Gasteiger partial charge in [-0.15, -0.1) is 0 Å². The third-order valence-electron chi connectivity index (χ3n) is 1.99. The summed E-state index contributed by atoms with van der Waals surface area (Å²) in [4.78, 5) is 0. The molecule has 0 fully saturated rings. The van der Waals surface area contributed by atoms with E-state index < -0.39 is 10.4 Å². The standard InChI is InChI=1S/C10H10N2O4S.Na/c1-8-7-10(16-17(13,14)15)12(11-8)9-5-3-2-4-6-9;/h2-7H,1H3,(H,13,14,15);/q;+1/p-1. The van der Waals surface area contributed by atoms with Crippen LogP contribution in [0.5, 0.6) is 5.88 Å². The van der Waals surface area contributed by atoms with Crippen molar-refractivity contribution in [3.8, 4) is 11.6 Å². The summed E-state index contributed by atoms with van der Waals surface area (Å²) in [6.07, 6.45) is 0. The van der Waals surface area contributed by atoms with Gasteiger partial charge in [-0.1, -0.05) is 18.2 Å². The monoisotopic (exact) mass is 276 g/mol. The molecule has 0 aliphatic carbocycles. The van der Waals surface area contributed by atoms with Crippen LogP contribution in [0.2, 0.25) is 0 Å². The van der Waals surface area contributed by atoms with E-state index in [1.165, 1.54) is 10.7 Å². The van der Waals surface area contributed by atoms with Gasteiger partial charge in [-0.2, -0.15) is 9.78 Å². The molecule has 0 atom stereocenters. The average Bonchev–Trinajstić information content (AvgIpc) is 2.58. The zero-order chi connectivity index (χ0) is 12.5. The van der Waals surface area contributed by atoms with Gasteiger partial charge in [0.1, 0.15) is 0 Å². The normalized spacial score (nSPS) is 10.8. The number of hydrogen-bond donors (Lipinski definition) is 0. The van der Waals surface area contributed by atoms with E-state index in [4.69, 9.17) is 0 Å². The van der Waals surface area contributed by atoms with E-state index in [1.807, 2.05) is 6.07 Å². The molecule has 0 unspecified atom stereocenters. The summed E-state index contributed by atoms with van der Waals surface area (Å²) >= 11 is 0. The molecule has 0 amide bonds. The molecule has 0 spiro atoms. The van der Waals surface area contributed by atoms with Gasteiger partial charge in [0.05, 0.1) is 11.4 Å².